The molecule has 0 bridgehead atoms. The molecule has 0 saturated carbocycles. The molecule has 0 aromatic carbocycles. The summed E-state index contributed by atoms with van der Waals surface area (Å²) >= 11 is 0. The zero-order valence-electron chi connectivity index (χ0n) is 8.28. The Morgan fingerprint density at radius 2 is 2.14 bits per heavy atom. The molecule has 80 valence electrons. The average molecular weight is 205 g/mol. The molecule has 0 saturated heterocycles. The minimum absolute atomic E-state index is 0.0211. The van der Waals surface area contributed by atoms with Crippen molar-refractivity contribution >= 4 is 0 Å². The highest BCUT2D eigenvalue weighted by Gasteiger charge is 2.36. The van der Waals surface area contributed by atoms with Crippen LogP contribution in [0.5, 0.6) is 0 Å². The summed E-state index contributed by atoms with van der Waals surface area (Å²) in [5, 5.41) is 2.75. The molecule has 0 aliphatic heterocycles. The fraction of sp³-hybridized carbons (Fsp3) is 0.600. The van der Waals surface area contributed by atoms with Gasteiger partial charge in [-0.3, -0.25) is 0 Å². The van der Waals surface area contributed by atoms with Crippen molar-refractivity contribution in [1.29, 1.82) is 0 Å². The Morgan fingerprint density at radius 1 is 1.50 bits per heavy atom. The summed E-state index contributed by atoms with van der Waals surface area (Å²) in [7, 11) is 1.65. The highest BCUT2D eigenvalue weighted by atomic mass is 19.4. The first-order valence-electron chi connectivity index (χ1n) is 4.58. The molecule has 1 unspecified atom stereocenters. The second-order valence-electron chi connectivity index (χ2n) is 3.55. The van der Waals surface area contributed by atoms with Crippen LogP contribution in [-0.2, 0) is 0 Å². The summed E-state index contributed by atoms with van der Waals surface area (Å²) in [5.41, 5.74) is -0.122. The molecule has 14 heavy (non-hydrogen) atoms. The van der Waals surface area contributed by atoms with Crippen LogP contribution < -0.4 is 5.32 Å². The summed E-state index contributed by atoms with van der Waals surface area (Å²) in [5.74, 6) is -0.0211. The van der Waals surface area contributed by atoms with Crippen LogP contribution in [-0.4, -0.2) is 19.8 Å². The van der Waals surface area contributed by atoms with Crippen LogP contribution in [0.25, 0.3) is 0 Å². The van der Waals surface area contributed by atoms with Crippen LogP contribution in [0.1, 0.15) is 13.3 Å². The van der Waals surface area contributed by atoms with Crippen molar-refractivity contribution < 1.29 is 13.2 Å². The van der Waals surface area contributed by atoms with Gasteiger partial charge in [0, 0.05) is 6.54 Å². The second kappa shape index (κ2) is 4.17. The van der Waals surface area contributed by atoms with E-state index in [1.54, 1.807) is 20.0 Å². The maximum atomic E-state index is 12.6. The second-order valence-corrected chi connectivity index (χ2v) is 3.55. The smallest absolute Gasteiger partial charge is 0.316 e. The topological polar surface area (TPSA) is 12.0 Å². The van der Waals surface area contributed by atoms with E-state index in [1.807, 2.05) is 0 Å². The summed E-state index contributed by atoms with van der Waals surface area (Å²) in [6, 6.07) is 0. The third kappa shape index (κ3) is 2.61. The highest BCUT2D eigenvalue weighted by molar-refractivity contribution is 5.38. The zero-order valence-corrected chi connectivity index (χ0v) is 8.28. The number of hydrogen-bond donors (Lipinski definition) is 1. The van der Waals surface area contributed by atoms with Crippen molar-refractivity contribution in [2.75, 3.05) is 13.6 Å². The van der Waals surface area contributed by atoms with E-state index in [0.717, 1.165) is 0 Å². The number of hydrogen-bond acceptors (Lipinski definition) is 1. The van der Waals surface area contributed by atoms with Gasteiger partial charge in [0.05, 0.1) is 5.57 Å². The number of alkyl halides is 3. The van der Waals surface area contributed by atoms with Gasteiger partial charge < -0.3 is 5.32 Å². The third-order valence-corrected chi connectivity index (χ3v) is 2.21. The molecule has 0 amide bonds. The Kier molecular flexibility index (Phi) is 3.37. The number of rotatable bonds is 2. The van der Waals surface area contributed by atoms with E-state index < -0.39 is 11.7 Å². The van der Waals surface area contributed by atoms with Crippen molar-refractivity contribution in [3.05, 3.63) is 23.3 Å². The molecule has 0 fully saturated rings. The number of allylic oxidation sites excluding steroid dienone is 2. The van der Waals surface area contributed by atoms with E-state index in [4.69, 9.17) is 0 Å². The molecule has 0 radical (unpaired) electrons. The lowest BCUT2D eigenvalue weighted by molar-refractivity contribution is -0.0902. The summed E-state index contributed by atoms with van der Waals surface area (Å²) in [6.45, 7) is 2.07. The van der Waals surface area contributed by atoms with Gasteiger partial charge in [0.1, 0.15) is 0 Å². The first-order chi connectivity index (χ1) is 6.45. The maximum absolute atomic E-state index is 12.6. The molecule has 4 heteroatoms. The first-order valence-corrected chi connectivity index (χ1v) is 4.58. The minimum atomic E-state index is -4.22. The molecule has 1 aliphatic rings. The van der Waals surface area contributed by atoms with Gasteiger partial charge >= 0.3 is 6.18 Å². The van der Waals surface area contributed by atoms with Crippen molar-refractivity contribution in [2.45, 2.75) is 19.5 Å². The first kappa shape index (κ1) is 11.3. The van der Waals surface area contributed by atoms with Crippen molar-refractivity contribution in [1.82, 2.24) is 5.32 Å². The fourth-order valence-corrected chi connectivity index (χ4v) is 1.53. The van der Waals surface area contributed by atoms with Crippen LogP contribution in [0.4, 0.5) is 13.2 Å². The van der Waals surface area contributed by atoms with Crippen LogP contribution in [0.3, 0.4) is 0 Å². The van der Waals surface area contributed by atoms with Gasteiger partial charge in [0.2, 0.25) is 0 Å². The summed E-state index contributed by atoms with van der Waals surface area (Å²) < 4.78 is 37.7. The molecule has 1 N–H and O–H groups in total. The normalized spacial score (nSPS) is 23.1. The summed E-state index contributed by atoms with van der Waals surface area (Å²) in [4.78, 5) is 0. The molecule has 1 nitrogen and oxygen atoms in total. The van der Waals surface area contributed by atoms with E-state index in [0.29, 0.717) is 12.0 Å². The van der Waals surface area contributed by atoms with Crippen LogP contribution in [0.15, 0.2) is 23.3 Å². The lowest BCUT2D eigenvalue weighted by Crippen LogP contribution is -2.23. The molecular formula is C10H14F3N. The number of halogens is 3. The number of likely N-dealkylation sites (N-methyl/N-ethyl adjacent to an activating group) is 1. The van der Waals surface area contributed by atoms with Gasteiger partial charge in [0.25, 0.3) is 0 Å². The molecule has 0 heterocycles. The fourth-order valence-electron chi connectivity index (χ4n) is 1.53. The SMILES string of the molecule is CNCC1=CCC(C)C=C1C(F)(F)F. The lowest BCUT2D eigenvalue weighted by Gasteiger charge is -2.21. The van der Waals surface area contributed by atoms with E-state index in [-0.39, 0.29) is 12.5 Å². The predicted molar refractivity (Wildman–Crippen MR) is 49.9 cm³/mol. The average Bonchev–Trinajstić information content (AvgIpc) is 2.07. The van der Waals surface area contributed by atoms with Gasteiger partial charge in [-0.2, -0.15) is 13.2 Å². The van der Waals surface area contributed by atoms with Gasteiger partial charge in [-0.15, -0.1) is 0 Å². The van der Waals surface area contributed by atoms with E-state index in [2.05, 4.69) is 5.32 Å². The monoisotopic (exact) mass is 205 g/mol. The molecule has 1 rings (SSSR count). The van der Waals surface area contributed by atoms with Crippen molar-refractivity contribution in [3.63, 3.8) is 0 Å². The highest BCUT2D eigenvalue weighted by Crippen LogP contribution is 2.35. The number of nitrogens with one attached hydrogen (secondary N) is 1. The van der Waals surface area contributed by atoms with Gasteiger partial charge in [-0.25, -0.2) is 0 Å². The predicted octanol–water partition coefficient (Wildman–Crippen LogP) is 2.66. The van der Waals surface area contributed by atoms with E-state index in [9.17, 15) is 13.2 Å². The molecule has 0 spiro atoms. The summed E-state index contributed by atoms with van der Waals surface area (Å²) in [6.07, 6.45) is -0.551. The Bertz CT molecular complexity index is 263. The van der Waals surface area contributed by atoms with Gasteiger partial charge in [0.15, 0.2) is 0 Å². The minimum Gasteiger partial charge on any atom is -0.316 e. The Balaban J connectivity index is 2.90. The molecule has 1 atom stereocenters. The quantitative estimate of drug-likeness (QED) is 0.730. The van der Waals surface area contributed by atoms with Crippen LogP contribution >= 0.6 is 0 Å². The van der Waals surface area contributed by atoms with E-state index in [1.165, 1.54) is 6.08 Å². The zero-order chi connectivity index (χ0) is 10.8. The van der Waals surface area contributed by atoms with Crippen molar-refractivity contribution in [2.24, 2.45) is 5.92 Å². The van der Waals surface area contributed by atoms with Crippen LogP contribution in [0.2, 0.25) is 0 Å². The van der Waals surface area contributed by atoms with Crippen LogP contribution in [0, 0.1) is 5.92 Å². The lowest BCUT2D eigenvalue weighted by atomic mass is 9.91. The Labute approximate surface area is 81.7 Å². The van der Waals surface area contributed by atoms with Crippen molar-refractivity contribution in [3.8, 4) is 0 Å². The van der Waals surface area contributed by atoms with Gasteiger partial charge in [-0.1, -0.05) is 19.1 Å². The maximum Gasteiger partial charge on any atom is 0.416 e. The Hall–Kier alpha value is -0.770. The molecule has 0 aromatic rings. The standard InChI is InChI=1S/C10H14F3N/c1-7-3-4-8(6-14-2)9(5-7)10(11,12)13/h4-5,7,14H,3,6H2,1-2H3. The molecule has 0 aromatic heterocycles. The Morgan fingerprint density at radius 3 is 2.64 bits per heavy atom. The molecular weight excluding hydrogens is 191 g/mol. The van der Waals surface area contributed by atoms with E-state index >= 15 is 0 Å². The molecule has 1 aliphatic carbocycles. The third-order valence-electron chi connectivity index (χ3n) is 2.21. The van der Waals surface area contributed by atoms with Gasteiger partial charge in [-0.05, 0) is 25.0 Å². The largest absolute Gasteiger partial charge is 0.416 e.